The van der Waals surface area contributed by atoms with E-state index in [1.165, 1.54) is 12.1 Å². The maximum atomic E-state index is 13.0. The lowest BCUT2D eigenvalue weighted by atomic mass is 9.73. The minimum Gasteiger partial charge on any atom is -0.294 e. The van der Waals surface area contributed by atoms with E-state index in [4.69, 9.17) is 0 Å². The Bertz CT molecular complexity index is 393. The molecule has 2 heteroatoms. The first kappa shape index (κ1) is 9.38. The minimum absolute atomic E-state index is 0.0678. The van der Waals surface area contributed by atoms with E-state index in [1.807, 2.05) is 13.8 Å². The fourth-order valence-electron chi connectivity index (χ4n) is 1.90. The Morgan fingerprint density at radius 1 is 1.36 bits per heavy atom. The molecular weight excluding hydrogens is 179 g/mol. The van der Waals surface area contributed by atoms with Crippen molar-refractivity contribution in [1.29, 1.82) is 0 Å². The monoisotopic (exact) mass is 192 g/mol. The van der Waals surface area contributed by atoms with E-state index in [-0.39, 0.29) is 17.0 Å². The third-order valence-electron chi connectivity index (χ3n) is 2.95. The van der Waals surface area contributed by atoms with Crippen LogP contribution < -0.4 is 0 Å². The van der Waals surface area contributed by atoms with E-state index < -0.39 is 0 Å². The molecule has 0 atom stereocenters. The number of benzene rings is 1. The van der Waals surface area contributed by atoms with Gasteiger partial charge in [-0.05, 0) is 30.5 Å². The predicted molar refractivity (Wildman–Crippen MR) is 52.8 cm³/mol. The fraction of sp³-hybridized carbons (Fsp3) is 0.417. The van der Waals surface area contributed by atoms with Crippen LogP contribution in [-0.2, 0) is 6.42 Å². The minimum atomic E-state index is -0.333. The molecule has 0 radical (unpaired) electrons. The number of aryl methyl sites for hydroxylation is 1. The van der Waals surface area contributed by atoms with Gasteiger partial charge >= 0.3 is 0 Å². The zero-order valence-corrected chi connectivity index (χ0v) is 8.43. The predicted octanol–water partition coefficient (Wildman–Crippen LogP) is 2.98. The average Bonchev–Trinajstić information content (AvgIpc) is 2.13. The summed E-state index contributed by atoms with van der Waals surface area (Å²) in [7, 11) is 0. The molecule has 0 amide bonds. The number of hydrogen-bond acceptors (Lipinski definition) is 1. The summed E-state index contributed by atoms with van der Waals surface area (Å²) < 4.78 is 13.0. The third-order valence-corrected chi connectivity index (χ3v) is 2.95. The molecule has 14 heavy (non-hydrogen) atoms. The van der Waals surface area contributed by atoms with Crippen LogP contribution in [0.3, 0.4) is 0 Å². The second kappa shape index (κ2) is 2.91. The quantitative estimate of drug-likeness (QED) is 0.617. The molecule has 0 unspecified atom stereocenters. The molecule has 0 saturated carbocycles. The summed E-state index contributed by atoms with van der Waals surface area (Å²) in [6.07, 6.45) is 1.72. The van der Waals surface area contributed by atoms with Gasteiger partial charge in [0.15, 0.2) is 5.78 Å². The summed E-state index contributed by atoms with van der Waals surface area (Å²) in [5.41, 5.74) is 1.22. The van der Waals surface area contributed by atoms with Crippen molar-refractivity contribution >= 4 is 5.78 Å². The van der Waals surface area contributed by atoms with Crippen molar-refractivity contribution in [3.8, 4) is 0 Å². The molecule has 0 aromatic heterocycles. The molecule has 0 aliphatic heterocycles. The van der Waals surface area contributed by atoms with E-state index in [1.54, 1.807) is 6.07 Å². The molecule has 0 fully saturated rings. The Balaban J connectivity index is 2.54. The number of ketones is 1. The lowest BCUT2D eigenvalue weighted by Gasteiger charge is -2.29. The first-order valence-corrected chi connectivity index (χ1v) is 4.84. The Morgan fingerprint density at radius 2 is 2.07 bits per heavy atom. The van der Waals surface area contributed by atoms with Crippen LogP contribution in [0.4, 0.5) is 4.39 Å². The number of hydrogen-bond donors (Lipinski definition) is 0. The molecular formula is C12H13FO. The molecule has 1 aromatic rings. The highest BCUT2D eigenvalue weighted by atomic mass is 19.1. The van der Waals surface area contributed by atoms with Crippen molar-refractivity contribution in [2.24, 2.45) is 5.41 Å². The highest BCUT2D eigenvalue weighted by Crippen LogP contribution is 2.34. The summed E-state index contributed by atoms with van der Waals surface area (Å²) in [6.45, 7) is 3.84. The van der Waals surface area contributed by atoms with Crippen LogP contribution in [0, 0.1) is 11.2 Å². The van der Waals surface area contributed by atoms with Crippen molar-refractivity contribution < 1.29 is 9.18 Å². The number of Topliss-reactive ketones (excluding diaryl/α,β-unsaturated/α-hetero) is 1. The summed E-state index contributed by atoms with van der Waals surface area (Å²) in [6, 6.07) is 4.50. The van der Waals surface area contributed by atoms with Gasteiger partial charge in [-0.3, -0.25) is 4.79 Å². The maximum absolute atomic E-state index is 13.0. The van der Waals surface area contributed by atoms with E-state index in [9.17, 15) is 9.18 Å². The largest absolute Gasteiger partial charge is 0.294 e. The average molecular weight is 192 g/mol. The van der Waals surface area contributed by atoms with Gasteiger partial charge in [0.25, 0.3) is 0 Å². The van der Waals surface area contributed by atoms with Gasteiger partial charge in [0.05, 0.1) is 0 Å². The van der Waals surface area contributed by atoms with Crippen LogP contribution in [0.5, 0.6) is 0 Å². The Hall–Kier alpha value is -1.18. The molecule has 1 aliphatic rings. The summed E-state index contributed by atoms with van der Waals surface area (Å²) in [4.78, 5) is 11.9. The zero-order chi connectivity index (χ0) is 10.3. The summed E-state index contributed by atoms with van der Waals surface area (Å²) in [5, 5.41) is 0. The van der Waals surface area contributed by atoms with Gasteiger partial charge in [-0.15, -0.1) is 0 Å². The van der Waals surface area contributed by atoms with Crippen molar-refractivity contribution in [2.75, 3.05) is 0 Å². The molecule has 0 N–H and O–H groups in total. The van der Waals surface area contributed by atoms with Crippen molar-refractivity contribution in [1.82, 2.24) is 0 Å². The van der Waals surface area contributed by atoms with Crippen LogP contribution in [-0.4, -0.2) is 5.78 Å². The highest BCUT2D eigenvalue weighted by Gasteiger charge is 2.34. The van der Waals surface area contributed by atoms with Crippen molar-refractivity contribution in [2.45, 2.75) is 26.7 Å². The van der Waals surface area contributed by atoms with Crippen LogP contribution in [0.25, 0.3) is 0 Å². The van der Waals surface area contributed by atoms with Crippen LogP contribution in [0.15, 0.2) is 18.2 Å². The standard InChI is InChI=1S/C12H13FO/c1-12(2)6-5-8-3-4-9(13)7-10(8)11(12)14/h3-4,7H,5-6H2,1-2H3. The van der Waals surface area contributed by atoms with Crippen molar-refractivity contribution in [3.63, 3.8) is 0 Å². The Morgan fingerprint density at radius 3 is 2.79 bits per heavy atom. The molecule has 1 aliphatic carbocycles. The van der Waals surface area contributed by atoms with E-state index in [0.29, 0.717) is 5.56 Å². The van der Waals surface area contributed by atoms with Gasteiger partial charge in [0, 0.05) is 11.0 Å². The molecule has 0 heterocycles. The second-order valence-corrected chi connectivity index (χ2v) is 4.51. The molecule has 0 saturated heterocycles. The van der Waals surface area contributed by atoms with Gasteiger partial charge in [0.1, 0.15) is 5.82 Å². The highest BCUT2D eigenvalue weighted by molar-refractivity contribution is 6.02. The number of carbonyl (C=O) groups is 1. The molecule has 2 rings (SSSR count). The lowest BCUT2D eigenvalue weighted by Crippen LogP contribution is -2.30. The molecule has 0 spiro atoms. The number of rotatable bonds is 0. The van der Waals surface area contributed by atoms with E-state index in [0.717, 1.165) is 18.4 Å². The first-order valence-electron chi connectivity index (χ1n) is 4.84. The third kappa shape index (κ3) is 1.35. The number of fused-ring (bicyclic) bond motifs is 1. The van der Waals surface area contributed by atoms with Crippen LogP contribution in [0.1, 0.15) is 36.2 Å². The van der Waals surface area contributed by atoms with E-state index in [2.05, 4.69) is 0 Å². The SMILES string of the molecule is CC1(C)CCc2ccc(F)cc2C1=O. The molecule has 1 nitrogen and oxygen atoms in total. The van der Waals surface area contributed by atoms with Gasteiger partial charge < -0.3 is 0 Å². The van der Waals surface area contributed by atoms with Gasteiger partial charge in [-0.2, -0.15) is 0 Å². The normalized spacial score (nSPS) is 19.2. The van der Waals surface area contributed by atoms with Crippen LogP contribution >= 0.6 is 0 Å². The van der Waals surface area contributed by atoms with E-state index >= 15 is 0 Å². The first-order chi connectivity index (χ1) is 6.50. The Kier molecular flexibility index (Phi) is 1.95. The number of carbonyl (C=O) groups excluding carboxylic acids is 1. The van der Waals surface area contributed by atoms with Gasteiger partial charge in [0.2, 0.25) is 0 Å². The summed E-state index contributed by atoms with van der Waals surface area (Å²) in [5.74, 6) is -0.256. The molecule has 1 aromatic carbocycles. The topological polar surface area (TPSA) is 17.1 Å². The zero-order valence-electron chi connectivity index (χ0n) is 8.43. The Labute approximate surface area is 82.9 Å². The fourth-order valence-corrected chi connectivity index (χ4v) is 1.90. The molecule has 74 valence electrons. The maximum Gasteiger partial charge on any atom is 0.168 e. The second-order valence-electron chi connectivity index (χ2n) is 4.51. The summed E-state index contributed by atoms with van der Waals surface area (Å²) >= 11 is 0. The number of halogens is 1. The van der Waals surface area contributed by atoms with Crippen molar-refractivity contribution in [3.05, 3.63) is 35.1 Å². The smallest absolute Gasteiger partial charge is 0.168 e. The lowest BCUT2D eigenvalue weighted by molar-refractivity contribution is 0.0810. The van der Waals surface area contributed by atoms with Crippen LogP contribution in [0.2, 0.25) is 0 Å². The van der Waals surface area contributed by atoms with Gasteiger partial charge in [-0.1, -0.05) is 19.9 Å². The molecule has 0 bridgehead atoms. The van der Waals surface area contributed by atoms with Gasteiger partial charge in [-0.25, -0.2) is 4.39 Å².